The van der Waals surface area contributed by atoms with E-state index in [1.54, 1.807) is 4.68 Å². The van der Waals surface area contributed by atoms with Crippen molar-refractivity contribution in [3.63, 3.8) is 0 Å². The molecule has 1 aromatic heterocycles. The second-order valence-corrected chi connectivity index (χ2v) is 3.99. The van der Waals surface area contributed by atoms with Crippen LogP contribution in [0.15, 0.2) is 12.2 Å². The van der Waals surface area contributed by atoms with Crippen LogP contribution in [-0.4, -0.2) is 9.78 Å². The van der Waals surface area contributed by atoms with Crippen LogP contribution in [0.4, 0.5) is 5.82 Å². The number of nitrogens with two attached hydrogens (primary N) is 1. The minimum atomic E-state index is 0.577. The van der Waals surface area contributed by atoms with Gasteiger partial charge in [-0.15, -0.1) is 0 Å². The summed E-state index contributed by atoms with van der Waals surface area (Å²) >= 11 is 0. The third-order valence-electron chi connectivity index (χ3n) is 2.99. The number of nitrogen functional groups attached to an aromatic ring is 1. The summed E-state index contributed by atoms with van der Waals surface area (Å²) in [5, 5.41) is 4.35. The molecule has 0 amide bonds. The average Bonchev–Trinajstić information content (AvgIpc) is 2.43. The summed E-state index contributed by atoms with van der Waals surface area (Å²) in [6, 6.07) is 0. The van der Waals surface area contributed by atoms with Crippen LogP contribution >= 0.6 is 0 Å². The molecule has 0 aliphatic heterocycles. The van der Waals surface area contributed by atoms with Gasteiger partial charge in [0.25, 0.3) is 0 Å². The minimum absolute atomic E-state index is 0.577. The molecule has 1 aromatic rings. The lowest BCUT2D eigenvalue weighted by Crippen LogP contribution is -2.06. The van der Waals surface area contributed by atoms with E-state index >= 15 is 0 Å². The maximum atomic E-state index is 6.01. The van der Waals surface area contributed by atoms with Crippen molar-refractivity contribution in [2.45, 2.75) is 32.1 Å². The van der Waals surface area contributed by atoms with E-state index in [0.717, 1.165) is 17.9 Å². The predicted molar refractivity (Wildman–Crippen MR) is 58.1 cm³/mol. The lowest BCUT2D eigenvalue weighted by atomic mass is 9.87. The molecule has 14 heavy (non-hydrogen) atoms. The van der Waals surface area contributed by atoms with Crippen molar-refractivity contribution < 1.29 is 0 Å². The molecule has 1 unspecified atom stereocenters. The van der Waals surface area contributed by atoms with E-state index in [9.17, 15) is 0 Å². The Morgan fingerprint density at radius 2 is 2.29 bits per heavy atom. The first-order valence-corrected chi connectivity index (χ1v) is 5.14. The number of hydrogen-bond acceptors (Lipinski definition) is 2. The molecular formula is C11H17N3. The number of rotatable bonds is 1. The molecule has 1 aliphatic carbocycles. The number of aromatic nitrogens is 2. The Morgan fingerprint density at radius 1 is 1.50 bits per heavy atom. The monoisotopic (exact) mass is 191 g/mol. The zero-order valence-electron chi connectivity index (χ0n) is 8.83. The van der Waals surface area contributed by atoms with E-state index in [0.29, 0.717) is 5.92 Å². The molecule has 0 bridgehead atoms. The molecule has 3 heteroatoms. The van der Waals surface area contributed by atoms with Crippen molar-refractivity contribution >= 4 is 5.82 Å². The highest BCUT2D eigenvalue weighted by Crippen LogP contribution is 2.34. The van der Waals surface area contributed by atoms with E-state index < -0.39 is 0 Å². The molecule has 0 saturated heterocycles. The topological polar surface area (TPSA) is 43.8 Å². The van der Waals surface area contributed by atoms with Crippen molar-refractivity contribution in [2.75, 3.05) is 5.73 Å². The van der Waals surface area contributed by atoms with Crippen LogP contribution in [0.25, 0.3) is 0 Å². The molecule has 1 heterocycles. The second kappa shape index (κ2) is 3.48. The maximum absolute atomic E-state index is 6.01. The number of hydrogen-bond donors (Lipinski definition) is 1. The highest BCUT2D eigenvalue weighted by Gasteiger charge is 2.20. The van der Waals surface area contributed by atoms with Crippen molar-refractivity contribution in [2.24, 2.45) is 7.05 Å². The molecule has 76 valence electrons. The Balaban J connectivity index is 2.35. The van der Waals surface area contributed by atoms with Gasteiger partial charge in [-0.1, -0.05) is 12.2 Å². The number of allylic oxidation sites excluding steroid dienone is 2. The Kier molecular flexibility index (Phi) is 2.32. The standard InChI is InChI=1S/C11H17N3/c1-8-10(11(12)14(2)13-8)9-6-4-3-5-7-9/h3-4,9H,5-7,12H2,1-2H3. The molecule has 2 N–H and O–H groups in total. The average molecular weight is 191 g/mol. The molecule has 0 aromatic carbocycles. The van der Waals surface area contributed by atoms with Crippen LogP contribution in [0.2, 0.25) is 0 Å². The highest BCUT2D eigenvalue weighted by molar-refractivity contribution is 5.46. The van der Waals surface area contributed by atoms with Crippen LogP contribution in [-0.2, 0) is 7.05 Å². The molecule has 2 rings (SSSR count). The van der Waals surface area contributed by atoms with E-state index in [1.165, 1.54) is 18.4 Å². The summed E-state index contributed by atoms with van der Waals surface area (Å²) in [7, 11) is 1.91. The van der Waals surface area contributed by atoms with Gasteiger partial charge in [0.2, 0.25) is 0 Å². The maximum Gasteiger partial charge on any atom is 0.125 e. The molecule has 0 spiro atoms. The molecule has 1 atom stereocenters. The number of aryl methyl sites for hydroxylation is 2. The van der Waals surface area contributed by atoms with E-state index in [-0.39, 0.29) is 0 Å². The smallest absolute Gasteiger partial charge is 0.125 e. The fourth-order valence-corrected chi connectivity index (χ4v) is 2.25. The van der Waals surface area contributed by atoms with Gasteiger partial charge >= 0.3 is 0 Å². The Bertz CT molecular complexity index is 363. The fraction of sp³-hybridized carbons (Fsp3) is 0.545. The quantitative estimate of drug-likeness (QED) is 0.691. The summed E-state index contributed by atoms with van der Waals surface area (Å²) in [6.07, 6.45) is 7.97. The highest BCUT2D eigenvalue weighted by atomic mass is 15.3. The molecular weight excluding hydrogens is 174 g/mol. The summed E-state index contributed by atoms with van der Waals surface area (Å²) in [5.74, 6) is 1.41. The van der Waals surface area contributed by atoms with Gasteiger partial charge in [-0.25, -0.2) is 0 Å². The lowest BCUT2D eigenvalue weighted by molar-refractivity contribution is 0.615. The molecule has 1 aliphatic rings. The Morgan fingerprint density at radius 3 is 2.79 bits per heavy atom. The van der Waals surface area contributed by atoms with Gasteiger partial charge in [0.05, 0.1) is 5.69 Å². The van der Waals surface area contributed by atoms with Gasteiger partial charge in [-0.2, -0.15) is 5.10 Å². The zero-order valence-corrected chi connectivity index (χ0v) is 8.83. The van der Waals surface area contributed by atoms with Crippen LogP contribution in [0, 0.1) is 6.92 Å². The Labute approximate surface area is 84.6 Å². The van der Waals surface area contributed by atoms with E-state index in [1.807, 2.05) is 14.0 Å². The first-order valence-electron chi connectivity index (χ1n) is 5.14. The van der Waals surface area contributed by atoms with Gasteiger partial charge in [0, 0.05) is 12.6 Å². The minimum Gasteiger partial charge on any atom is -0.384 e. The van der Waals surface area contributed by atoms with E-state index in [2.05, 4.69) is 17.3 Å². The van der Waals surface area contributed by atoms with Crippen molar-refractivity contribution in [1.29, 1.82) is 0 Å². The number of nitrogens with zero attached hydrogens (tertiary/aromatic N) is 2. The first kappa shape index (κ1) is 9.31. The fourth-order valence-electron chi connectivity index (χ4n) is 2.25. The van der Waals surface area contributed by atoms with Crippen LogP contribution in [0.3, 0.4) is 0 Å². The normalized spacial score (nSPS) is 21.4. The summed E-state index contributed by atoms with van der Waals surface area (Å²) < 4.78 is 1.78. The Hall–Kier alpha value is -1.25. The molecule has 0 saturated carbocycles. The largest absolute Gasteiger partial charge is 0.384 e. The predicted octanol–water partition coefficient (Wildman–Crippen LogP) is 2.13. The number of anilines is 1. The third kappa shape index (κ3) is 1.43. The lowest BCUT2D eigenvalue weighted by Gasteiger charge is -2.17. The van der Waals surface area contributed by atoms with Crippen molar-refractivity contribution in [3.05, 3.63) is 23.4 Å². The first-order chi connectivity index (χ1) is 6.70. The summed E-state index contributed by atoms with van der Waals surface area (Å²) in [4.78, 5) is 0. The second-order valence-electron chi connectivity index (χ2n) is 3.99. The van der Waals surface area contributed by atoms with Crippen molar-refractivity contribution in [1.82, 2.24) is 9.78 Å². The van der Waals surface area contributed by atoms with Crippen molar-refractivity contribution in [3.8, 4) is 0 Å². The molecule has 3 nitrogen and oxygen atoms in total. The van der Waals surface area contributed by atoms with E-state index in [4.69, 9.17) is 5.73 Å². The summed E-state index contributed by atoms with van der Waals surface area (Å²) in [5.41, 5.74) is 8.36. The van der Waals surface area contributed by atoms with Crippen LogP contribution in [0.5, 0.6) is 0 Å². The van der Waals surface area contributed by atoms with Gasteiger partial charge in [-0.05, 0) is 32.1 Å². The third-order valence-corrected chi connectivity index (χ3v) is 2.99. The van der Waals surface area contributed by atoms with Gasteiger partial charge in [-0.3, -0.25) is 4.68 Å². The summed E-state index contributed by atoms with van der Waals surface area (Å²) in [6.45, 7) is 2.05. The SMILES string of the molecule is Cc1nn(C)c(N)c1C1CC=CCC1. The van der Waals surface area contributed by atoms with Crippen LogP contribution in [0.1, 0.15) is 36.4 Å². The molecule has 0 fully saturated rings. The van der Waals surface area contributed by atoms with Crippen LogP contribution < -0.4 is 5.73 Å². The molecule has 0 radical (unpaired) electrons. The van der Waals surface area contributed by atoms with Gasteiger partial charge in [0.15, 0.2) is 0 Å². The zero-order chi connectivity index (χ0) is 10.1. The van der Waals surface area contributed by atoms with Gasteiger partial charge in [0.1, 0.15) is 5.82 Å². The van der Waals surface area contributed by atoms with Gasteiger partial charge < -0.3 is 5.73 Å².